The van der Waals surface area contributed by atoms with Gasteiger partial charge >= 0.3 is 0 Å². The van der Waals surface area contributed by atoms with E-state index < -0.39 is 15.9 Å². The first-order valence-electron chi connectivity index (χ1n) is 6.02. The molecule has 2 aromatic carbocycles. The summed E-state index contributed by atoms with van der Waals surface area (Å²) in [4.78, 5) is 12.0. The van der Waals surface area contributed by atoms with Crippen molar-refractivity contribution in [3.05, 3.63) is 59.7 Å². The summed E-state index contributed by atoms with van der Waals surface area (Å²) in [7, 11) is -4.11. The summed E-state index contributed by atoms with van der Waals surface area (Å²) in [6.45, 7) is 1.82. The highest BCUT2D eigenvalue weighted by atomic mass is 32.2. The van der Waals surface area contributed by atoms with Gasteiger partial charge in [-0.1, -0.05) is 17.7 Å². The van der Waals surface area contributed by atoms with E-state index in [1.165, 1.54) is 36.4 Å². The molecular formula is C14H14N2O4S. The Bertz CT molecular complexity index is 753. The third-order valence-electron chi connectivity index (χ3n) is 2.89. The highest BCUT2D eigenvalue weighted by Crippen LogP contribution is 2.17. The molecule has 0 aliphatic rings. The van der Waals surface area contributed by atoms with Gasteiger partial charge in [0.15, 0.2) is 0 Å². The number of carbonyl (C=O) groups is 1. The van der Waals surface area contributed by atoms with Crippen LogP contribution in [0.5, 0.6) is 5.75 Å². The molecule has 0 saturated heterocycles. The summed E-state index contributed by atoms with van der Waals surface area (Å²) in [6.07, 6.45) is 0. The average Bonchev–Trinajstić information content (AvgIpc) is 2.47. The molecule has 110 valence electrons. The van der Waals surface area contributed by atoms with Crippen LogP contribution in [0.2, 0.25) is 0 Å². The second kappa shape index (κ2) is 5.55. The van der Waals surface area contributed by atoms with Gasteiger partial charge in [0.1, 0.15) is 5.75 Å². The van der Waals surface area contributed by atoms with Crippen LogP contribution in [0.3, 0.4) is 0 Å². The first-order chi connectivity index (χ1) is 9.82. The van der Waals surface area contributed by atoms with E-state index in [1.54, 1.807) is 12.1 Å². The van der Waals surface area contributed by atoms with Gasteiger partial charge in [0.2, 0.25) is 0 Å². The van der Waals surface area contributed by atoms with Gasteiger partial charge in [0, 0.05) is 5.56 Å². The average molecular weight is 306 g/mol. The van der Waals surface area contributed by atoms with E-state index in [0.717, 1.165) is 5.56 Å². The van der Waals surface area contributed by atoms with Gasteiger partial charge in [-0.2, -0.15) is 12.8 Å². The first-order valence-corrected chi connectivity index (χ1v) is 7.46. The molecule has 0 aliphatic carbocycles. The maximum absolute atomic E-state index is 12.3. The molecule has 3 N–H and O–H groups in total. The molecular weight excluding hydrogens is 292 g/mol. The minimum absolute atomic E-state index is 0.0310. The molecule has 0 spiro atoms. The van der Waals surface area contributed by atoms with E-state index in [-0.39, 0.29) is 20.6 Å². The third-order valence-corrected chi connectivity index (χ3v) is 4.44. The lowest BCUT2D eigenvalue weighted by Gasteiger charge is -2.17. The van der Waals surface area contributed by atoms with Crippen molar-refractivity contribution < 1.29 is 18.3 Å². The van der Waals surface area contributed by atoms with E-state index in [4.69, 9.17) is 10.9 Å². The standard InChI is InChI=1S/C14H14N2O4S/c1-10-2-8-13(9-3-10)21(19,20)16(15)14(18)11-4-6-12(17)7-5-11/h2-9,17H,15H2,1H3. The number of carbonyl (C=O) groups excluding carboxylic acids is 1. The van der Waals surface area contributed by atoms with Crippen molar-refractivity contribution in [2.24, 2.45) is 5.84 Å². The molecule has 7 heteroatoms. The maximum Gasteiger partial charge on any atom is 0.282 e. The van der Waals surface area contributed by atoms with Crippen LogP contribution in [0.15, 0.2) is 53.4 Å². The van der Waals surface area contributed by atoms with E-state index in [2.05, 4.69) is 0 Å². The van der Waals surface area contributed by atoms with Gasteiger partial charge in [0.25, 0.3) is 15.9 Å². The monoisotopic (exact) mass is 306 g/mol. The number of rotatable bonds is 3. The van der Waals surface area contributed by atoms with Crippen molar-refractivity contribution in [2.45, 2.75) is 11.8 Å². The van der Waals surface area contributed by atoms with Crippen molar-refractivity contribution in [1.29, 1.82) is 0 Å². The minimum atomic E-state index is -4.11. The molecule has 0 saturated carbocycles. The van der Waals surface area contributed by atoms with Crippen molar-refractivity contribution in [3.8, 4) is 5.75 Å². The molecule has 0 fully saturated rings. The fraction of sp³-hybridized carbons (Fsp3) is 0.0714. The highest BCUT2D eigenvalue weighted by molar-refractivity contribution is 7.89. The van der Waals surface area contributed by atoms with E-state index in [0.29, 0.717) is 0 Å². The number of benzene rings is 2. The molecule has 1 amide bonds. The van der Waals surface area contributed by atoms with E-state index >= 15 is 0 Å². The summed E-state index contributed by atoms with van der Waals surface area (Å²) in [5.41, 5.74) is 0.952. The quantitative estimate of drug-likeness (QED) is 0.507. The van der Waals surface area contributed by atoms with Crippen LogP contribution >= 0.6 is 0 Å². The zero-order chi connectivity index (χ0) is 15.6. The van der Waals surface area contributed by atoms with Gasteiger partial charge < -0.3 is 5.11 Å². The summed E-state index contributed by atoms with van der Waals surface area (Å²) in [5.74, 6) is 4.56. The van der Waals surface area contributed by atoms with Crippen molar-refractivity contribution >= 4 is 15.9 Å². The number of phenolic OH excluding ortho intramolecular Hbond substituents is 1. The van der Waals surface area contributed by atoms with Gasteiger partial charge in [0.05, 0.1) is 4.90 Å². The topological polar surface area (TPSA) is 101 Å². The smallest absolute Gasteiger partial charge is 0.282 e. The Morgan fingerprint density at radius 3 is 2.10 bits per heavy atom. The molecule has 0 aromatic heterocycles. The second-order valence-electron chi connectivity index (χ2n) is 4.47. The number of hydrazine groups is 1. The predicted octanol–water partition coefficient (Wildman–Crippen LogP) is 1.41. The lowest BCUT2D eigenvalue weighted by Crippen LogP contribution is -2.42. The van der Waals surface area contributed by atoms with Crippen LogP contribution in [0.4, 0.5) is 0 Å². The van der Waals surface area contributed by atoms with Crippen LogP contribution < -0.4 is 5.84 Å². The lowest BCUT2D eigenvalue weighted by molar-refractivity contribution is 0.0861. The Labute approximate surface area is 122 Å². The Kier molecular flexibility index (Phi) is 3.97. The summed E-state index contributed by atoms with van der Waals surface area (Å²) in [6, 6.07) is 11.1. The summed E-state index contributed by atoms with van der Waals surface area (Å²) < 4.78 is 24.7. The summed E-state index contributed by atoms with van der Waals surface area (Å²) in [5, 5.41) is 9.17. The normalized spacial score (nSPS) is 11.1. The molecule has 6 nitrogen and oxygen atoms in total. The molecule has 0 atom stereocenters. The number of hydrogen-bond acceptors (Lipinski definition) is 5. The zero-order valence-corrected chi connectivity index (χ0v) is 12.0. The zero-order valence-electron chi connectivity index (χ0n) is 11.2. The van der Waals surface area contributed by atoms with Crippen LogP contribution in [-0.4, -0.2) is 23.8 Å². The van der Waals surface area contributed by atoms with Crippen LogP contribution in [0, 0.1) is 6.92 Å². The van der Waals surface area contributed by atoms with E-state index in [9.17, 15) is 13.2 Å². The van der Waals surface area contributed by atoms with E-state index in [1.807, 2.05) is 6.92 Å². The Morgan fingerprint density at radius 1 is 1.05 bits per heavy atom. The maximum atomic E-state index is 12.3. The number of phenols is 1. The number of hydrogen-bond donors (Lipinski definition) is 2. The highest BCUT2D eigenvalue weighted by Gasteiger charge is 2.27. The lowest BCUT2D eigenvalue weighted by atomic mass is 10.2. The Hall–Kier alpha value is -2.38. The largest absolute Gasteiger partial charge is 0.508 e. The molecule has 2 rings (SSSR count). The minimum Gasteiger partial charge on any atom is -0.508 e. The fourth-order valence-electron chi connectivity index (χ4n) is 1.66. The molecule has 0 radical (unpaired) electrons. The second-order valence-corrected chi connectivity index (χ2v) is 6.28. The van der Waals surface area contributed by atoms with Gasteiger partial charge in [-0.25, -0.2) is 5.84 Å². The molecule has 0 heterocycles. The number of nitrogens with zero attached hydrogens (tertiary/aromatic N) is 1. The Balaban J connectivity index is 2.33. The van der Waals surface area contributed by atoms with Crippen LogP contribution in [-0.2, 0) is 10.0 Å². The first kappa shape index (κ1) is 15.0. The molecule has 0 bridgehead atoms. The molecule has 21 heavy (non-hydrogen) atoms. The predicted molar refractivity (Wildman–Crippen MR) is 76.8 cm³/mol. The molecule has 0 aliphatic heterocycles. The van der Waals surface area contributed by atoms with Gasteiger partial charge in [-0.15, -0.1) is 0 Å². The van der Waals surface area contributed by atoms with Crippen LogP contribution in [0.25, 0.3) is 0 Å². The van der Waals surface area contributed by atoms with Crippen molar-refractivity contribution in [2.75, 3.05) is 0 Å². The van der Waals surface area contributed by atoms with Gasteiger partial charge in [-0.3, -0.25) is 4.79 Å². The third kappa shape index (κ3) is 3.04. The molecule has 2 aromatic rings. The number of nitrogens with two attached hydrogens (primary N) is 1. The number of aryl methyl sites for hydroxylation is 1. The summed E-state index contributed by atoms with van der Waals surface area (Å²) >= 11 is 0. The van der Waals surface area contributed by atoms with Crippen LogP contribution in [0.1, 0.15) is 15.9 Å². The number of aromatic hydroxyl groups is 1. The molecule has 0 unspecified atom stereocenters. The Morgan fingerprint density at radius 2 is 1.57 bits per heavy atom. The SMILES string of the molecule is Cc1ccc(S(=O)(=O)N(N)C(=O)c2ccc(O)cc2)cc1. The number of amides is 1. The number of sulfonamides is 1. The van der Waals surface area contributed by atoms with Crippen molar-refractivity contribution in [1.82, 2.24) is 4.41 Å². The van der Waals surface area contributed by atoms with Crippen molar-refractivity contribution in [3.63, 3.8) is 0 Å². The fourth-order valence-corrected chi connectivity index (χ4v) is 2.70. The van der Waals surface area contributed by atoms with Gasteiger partial charge in [-0.05, 0) is 43.3 Å².